The Balaban J connectivity index is 1.58. The van der Waals surface area contributed by atoms with E-state index in [2.05, 4.69) is 11.4 Å². The predicted molar refractivity (Wildman–Crippen MR) is 106 cm³/mol. The van der Waals surface area contributed by atoms with Gasteiger partial charge in [-0.2, -0.15) is 5.26 Å². The average Bonchev–Trinajstić information content (AvgIpc) is 3.48. The molecule has 0 saturated heterocycles. The third-order valence-corrected chi connectivity index (χ3v) is 5.50. The lowest BCUT2D eigenvalue weighted by Crippen LogP contribution is -2.41. The Hall–Kier alpha value is -3.60. The summed E-state index contributed by atoms with van der Waals surface area (Å²) in [6.07, 6.45) is 1.99. The maximum Gasteiger partial charge on any atom is 0.322 e. The highest BCUT2D eigenvalue weighted by Gasteiger charge is 2.37. The van der Waals surface area contributed by atoms with Gasteiger partial charge in [0.25, 0.3) is 5.91 Å². The molecule has 148 valence electrons. The molecule has 1 aromatic carbocycles. The Bertz CT molecular complexity index is 1060. The van der Waals surface area contributed by atoms with Crippen LogP contribution in [0.25, 0.3) is 0 Å². The quantitative estimate of drug-likeness (QED) is 0.778. The Morgan fingerprint density at radius 1 is 1.17 bits per heavy atom. The molecular formula is C21H21N5O3. The first-order valence-corrected chi connectivity index (χ1v) is 9.52. The van der Waals surface area contributed by atoms with E-state index in [1.54, 1.807) is 29.2 Å². The first-order chi connectivity index (χ1) is 13.9. The van der Waals surface area contributed by atoms with E-state index >= 15 is 0 Å². The van der Waals surface area contributed by atoms with Crippen molar-refractivity contribution >= 4 is 23.4 Å². The van der Waals surface area contributed by atoms with E-state index in [1.807, 2.05) is 4.57 Å². The van der Waals surface area contributed by atoms with Gasteiger partial charge in [-0.05, 0) is 44.0 Å². The number of amides is 3. The smallest absolute Gasteiger partial charge is 0.322 e. The van der Waals surface area contributed by atoms with E-state index in [0.717, 1.165) is 18.5 Å². The van der Waals surface area contributed by atoms with Gasteiger partial charge in [0.2, 0.25) is 0 Å². The molecule has 2 heterocycles. The number of nitriles is 1. The van der Waals surface area contributed by atoms with E-state index in [0.29, 0.717) is 35.6 Å². The van der Waals surface area contributed by atoms with Crippen molar-refractivity contribution in [2.45, 2.75) is 38.8 Å². The predicted octanol–water partition coefficient (Wildman–Crippen LogP) is 2.59. The molecule has 29 heavy (non-hydrogen) atoms. The fourth-order valence-electron chi connectivity index (χ4n) is 3.91. The largest absolute Gasteiger partial charge is 0.366 e. The lowest BCUT2D eigenvalue weighted by atomic mass is 10.1. The lowest BCUT2D eigenvalue weighted by molar-refractivity contribution is 0.0993. The zero-order valence-corrected chi connectivity index (χ0v) is 16.1. The van der Waals surface area contributed by atoms with Gasteiger partial charge in [0, 0.05) is 36.0 Å². The molecule has 1 aliphatic heterocycles. The van der Waals surface area contributed by atoms with Crippen molar-refractivity contribution in [3.63, 3.8) is 0 Å². The third kappa shape index (κ3) is 3.36. The van der Waals surface area contributed by atoms with Crippen LogP contribution in [0.5, 0.6) is 0 Å². The number of hydrogen-bond donors (Lipinski definition) is 2. The molecule has 0 radical (unpaired) electrons. The van der Waals surface area contributed by atoms with Crippen molar-refractivity contribution in [3.05, 3.63) is 52.3 Å². The summed E-state index contributed by atoms with van der Waals surface area (Å²) < 4.78 is 2.00. The van der Waals surface area contributed by atoms with Gasteiger partial charge >= 0.3 is 6.03 Å². The van der Waals surface area contributed by atoms with Gasteiger partial charge in [0.05, 0.1) is 23.4 Å². The minimum absolute atomic E-state index is 0.0431. The Labute approximate surface area is 167 Å². The van der Waals surface area contributed by atoms with Crippen LogP contribution in [0.1, 0.15) is 63.4 Å². The van der Waals surface area contributed by atoms with Crippen molar-refractivity contribution < 1.29 is 14.4 Å². The van der Waals surface area contributed by atoms with E-state index in [4.69, 9.17) is 5.73 Å². The molecule has 8 heteroatoms. The van der Waals surface area contributed by atoms with Crippen LogP contribution in [0.2, 0.25) is 0 Å². The van der Waals surface area contributed by atoms with Crippen LogP contribution in [0.3, 0.4) is 0 Å². The van der Waals surface area contributed by atoms with Crippen LogP contribution in [-0.2, 0) is 13.1 Å². The van der Waals surface area contributed by atoms with E-state index in [1.165, 1.54) is 6.92 Å². The highest BCUT2D eigenvalue weighted by atomic mass is 16.2. The Morgan fingerprint density at radius 2 is 1.86 bits per heavy atom. The average molecular weight is 391 g/mol. The van der Waals surface area contributed by atoms with Crippen molar-refractivity contribution in [1.82, 2.24) is 9.47 Å². The fraction of sp³-hybridized carbons (Fsp3) is 0.333. The van der Waals surface area contributed by atoms with Crippen LogP contribution in [0, 0.1) is 11.3 Å². The summed E-state index contributed by atoms with van der Waals surface area (Å²) in [6.45, 7) is 2.66. The second-order valence-corrected chi connectivity index (χ2v) is 7.47. The van der Waals surface area contributed by atoms with Gasteiger partial charge in [-0.1, -0.05) is 0 Å². The number of aromatic nitrogens is 1. The van der Waals surface area contributed by atoms with Crippen LogP contribution in [0.4, 0.5) is 10.5 Å². The highest BCUT2D eigenvalue weighted by molar-refractivity contribution is 5.98. The van der Waals surface area contributed by atoms with Gasteiger partial charge in [-0.15, -0.1) is 0 Å². The number of nitrogens with zero attached hydrogens (tertiary/aromatic N) is 3. The highest BCUT2D eigenvalue weighted by Crippen LogP contribution is 2.44. The first-order valence-electron chi connectivity index (χ1n) is 9.52. The normalized spacial score (nSPS) is 15.4. The van der Waals surface area contributed by atoms with Crippen molar-refractivity contribution in [2.24, 2.45) is 5.73 Å². The molecule has 4 rings (SSSR count). The number of nitrogens with two attached hydrogens (primary N) is 1. The minimum Gasteiger partial charge on any atom is -0.366 e. The molecule has 8 nitrogen and oxygen atoms in total. The molecule has 0 atom stereocenters. The number of carbonyl (C=O) groups excluding carboxylic acids is 3. The molecule has 2 aliphatic rings. The molecule has 3 N–H and O–H groups in total. The second-order valence-electron chi connectivity index (χ2n) is 7.47. The molecule has 0 spiro atoms. The summed E-state index contributed by atoms with van der Waals surface area (Å²) in [6, 6.07) is 8.51. The number of fused-ring (bicyclic) bond motifs is 1. The van der Waals surface area contributed by atoms with Crippen LogP contribution < -0.4 is 11.1 Å². The summed E-state index contributed by atoms with van der Waals surface area (Å²) in [7, 11) is 0. The second kappa shape index (κ2) is 7.09. The van der Waals surface area contributed by atoms with Crippen LogP contribution >= 0.6 is 0 Å². The number of nitrogens with one attached hydrogen (secondary N) is 1. The topological polar surface area (TPSA) is 121 Å². The maximum absolute atomic E-state index is 12.7. The van der Waals surface area contributed by atoms with Gasteiger partial charge in [-0.25, -0.2) is 4.79 Å². The van der Waals surface area contributed by atoms with Gasteiger partial charge in [-0.3, -0.25) is 9.59 Å². The molecule has 0 unspecified atom stereocenters. The molecule has 2 aromatic rings. The number of carbonyl (C=O) groups is 3. The summed E-state index contributed by atoms with van der Waals surface area (Å²) in [5.74, 6) is -0.394. The molecule has 0 bridgehead atoms. The number of benzene rings is 1. The lowest BCUT2D eigenvalue weighted by Gasteiger charge is -2.30. The Kier molecular flexibility index (Phi) is 4.59. The third-order valence-electron chi connectivity index (χ3n) is 5.50. The van der Waals surface area contributed by atoms with Crippen LogP contribution in [0.15, 0.2) is 24.3 Å². The number of Topliss-reactive ketones (excluding diaryl/α,β-unsaturated/α-hetero) is 1. The zero-order chi connectivity index (χ0) is 20.7. The number of anilines is 1. The van der Waals surface area contributed by atoms with Gasteiger partial charge in [0.1, 0.15) is 6.07 Å². The maximum atomic E-state index is 12.7. The summed E-state index contributed by atoms with van der Waals surface area (Å²) in [5, 5.41) is 12.4. The monoisotopic (exact) mass is 391 g/mol. The van der Waals surface area contributed by atoms with Crippen molar-refractivity contribution in [1.29, 1.82) is 5.26 Å². The molecule has 3 amide bonds. The zero-order valence-electron chi connectivity index (χ0n) is 16.1. The molecular weight excluding hydrogens is 370 g/mol. The van der Waals surface area contributed by atoms with Crippen molar-refractivity contribution in [3.8, 4) is 6.07 Å². The van der Waals surface area contributed by atoms with E-state index < -0.39 is 5.91 Å². The molecule has 1 saturated carbocycles. The van der Waals surface area contributed by atoms with Gasteiger partial charge < -0.3 is 20.5 Å². The first kappa shape index (κ1) is 18.7. The van der Waals surface area contributed by atoms with Crippen LogP contribution in [-0.4, -0.2) is 33.7 Å². The van der Waals surface area contributed by atoms with E-state index in [-0.39, 0.29) is 29.8 Å². The summed E-state index contributed by atoms with van der Waals surface area (Å²) in [5.41, 5.74) is 8.84. The number of ketones is 1. The van der Waals surface area contributed by atoms with Gasteiger partial charge in [0.15, 0.2) is 5.78 Å². The SMILES string of the molecule is CC(=O)c1ccc(NC(=O)N2CCn3c(c(C(N)=O)c(C#N)c3C3CC3)C2)cc1. The number of primary amides is 1. The number of urea groups is 1. The Morgan fingerprint density at radius 3 is 2.41 bits per heavy atom. The standard InChI is InChI=1S/C21H21N5O3/c1-12(27)13-4-6-15(7-5-13)24-21(29)25-8-9-26-17(11-25)18(20(23)28)16(10-22)19(26)14-2-3-14/h4-7,14H,2-3,8-9,11H2,1H3,(H2,23,28)(H,24,29). The minimum atomic E-state index is -0.640. The summed E-state index contributed by atoms with van der Waals surface area (Å²) in [4.78, 5) is 37.8. The molecule has 1 aromatic heterocycles. The van der Waals surface area contributed by atoms with Crippen molar-refractivity contribution in [2.75, 3.05) is 11.9 Å². The molecule has 1 aliphatic carbocycles. The fourth-order valence-corrected chi connectivity index (χ4v) is 3.91. The number of hydrogen-bond acceptors (Lipinski definition) is 4. The number of rotatable bonds is 4. The molecule has 1 fully saturated rings. The summed E-state index contributed by atoms with van der Waals surface area (Å²) >= 11 is 0. The van der Waals surface area contributed by atoms with E-state index in [9.17, 15) is 19.6 Å².